The van der Waals surface area contributed by atoms with E-state index in [4.69, 9.17) is 9.94 Å². The highest BCUT2D eigenvalue weighted by atomic mass is 32.2. The molecule has 0 saturated heterocycles. The Morgan fingerprint density at radius 2 is 2.07 bits per heavy atom. The Labute approximate surface area is 160 Å². The molecule has 10 heteroatoms. The van der Waals surface area contributed by atoms with Crippen molar-refractivity contribution in [2.75, 3.05) is 18.5 Å². The number of anilines is 1. The van der Waals surface area contributed by atoms with E-state index in [0.29, 0.717) is 23.5 Å². The van der Waals surface area contributed by atoms with Crippen LogP contribution in [0.1, 0.15) is 23.3 Å². The second kappa shape index (κ2) is 8.15. The summed E-state index contributed by atoms with van der Waals surface area (Å²) in [4.78, 5) is 22.8. The monoisotopic (exact) mass is 409 g/mol. The van der Waals surface area contributed by atoms with E-state index < -0.39 is 15.7 Å². The molecule has 1 aromatic heterocycles. The fourth-order valence-electron chi connectivity index (χ4n) is 2.32. The number of aryl methyl sites for hydroxylation is 1. The van der Waals surface area contributed by atoms with E-state index in [1.807, 2.05) is 6.92 Å². The predicted molar refractivity (Wildman–Crippen MR) is 102 cm³/mol. The fourth-order valence-corrected chi connectivity index (χ4v) is 4.63. The molecular formula is C17H19N3O5S2. The lowest BCUT2D eigenvalue weighted by Gasteiger charge is -2.08. The first-order valence-electron chi connectivity index (χ1n) is 8.30. The number of oxime groups is 1. The van der Waals surface area contributed by atoms with Gasteiger partial charge in [0.1, 0.15) is 6.61 Å². The quantitative estimate of drug-likeness (QED) is 0.389. The number of aromatic nitrogens is 1. The molecule has 0 spiro atoms. The molecule has 1 fully saturated rings. The smallest absolute Gasteiger partial charge is 0.280 e. The Kier molecular flexibility index (Phi) is 5.88. The van der Waals surface area contributed by atoms with Gasteiger partial charge in [-0.3, -0.25) is 10.1 Å². The van der Waals surface area contributed by atoms with Gasteiger partial charge in [0.2, 0.25) is 0 Å². The van der Waals surface area contributed by atoms with Crippen molar-refractivity contribution < 1.29 is 23.2 Å². The molecule has 0 bridgehead atoms. The summed E-state index contributed by atoms with van der Waals surface area (Å²) < 4.78 is 24.6. The van der Waals surface area contributed by atoms with E-state index >= 15 is 0 Å². The molecule has 1 aromatic carbocycles. The summed E-state index contributed by atoms with van der Waals surface area (Å²) in [6.45, 7) is 1.55. The molecular weight excluding hydrogens is 390 g/mol. The third-order valence-corrected chi connectivity index (χ3v) is 6.92. The van der Waals surface area contributed by atoms with Crippen molar-refractivity contribution >= 4 is 37.9 Å². The van der Waals surface area contributed by atoms with E-state index in [2.05, 4.69) is 15.5 Å². The Morgan fingerprint density at radius 1 is 1.37 bits per heavy atom. The summed E-state index contributed by atoms with van der Waals surface area (Å²) in [5, 5.41) is 15.4. The molecule has 2 N–H and O–H groups in total. The highest BCUT2D eigenvalue weighted by Gasteiger charge is 2.36. The number of carbonyl (C=O) groups excluding carboxylic acids is 1. The fraction of sp³-hybridized carbons (Fsp3) is 0.353. The van der Waals surface area contributed by atoms with Gasteiger partial charge in [-0.15, -0.1) is 11.3 Å². The summed E-state index contributed by atoms with van der Waals surface area (Å²) >= 11 is 1.31. The van der Waals surface area contributed by atoms with Crippen LogP contribution in [-0.2, 0) is 19.5 Å². The van der Waals surface area contributed by atoms with Crippen molar-refractivity contribution in [1.82, 2.24) is 4.98 Å². The first kappa shape index (κ1) is 19.5. The van der Waals surface area contributed by atoms with Crippen LogP contribution < -0.4 is 5.32 Å². The van der Waals surface area contributed by atoms with Gasteiger partial charge in [-0.05, 0) is 31.9 Å². The molecule has 0 radical (unpaired) electrons. The Hall–Kier alpha value is -2.30. The van der Waals surface area contributed by atoms with Crippen LogP contribution in [0.25, 0.3) is 0 Å². The van der Waals surface area contributed by atoms with Crippen molar-refractivity contribution in [3.8, 4) is 0 Å². The largest absolute Gasteiger partial charge is 0.393 e. The number of benzene rings is 1. The van der Waals surface area contributed by atoms with Gasteiger partial charge in [-0.25, -0.2) is 13.4 Å². The van der Waals surface area contributed by atoms with Crippen LogP contribution in [0.3, 0.4) is 0 Å². The van der Waals surface area contributed by atoms with Crippen molar-refractivity contribution in [1.29, 1.82) is 0 Å². The van der Waals surface area contributed by atoms with Crippen LogP contribution in [-0.4, -0.2) is 48.6 Å². The molecule has 1 aliphatic carbocycles. The zero-order valence-electron chi connectivity index (χ0n) is 14.6. The number of thiazole rings is 1. The summed E-state index contributed by atoms with van der Waals surface area (Å²) in [5.74, 6) is -0.542. The number of nitrogens with zero attached hydrogens (tertiary/aromatic N) is 2. The van der Waals surface area contributed by atoms with Gasteiger partial charge < -0.3 is 9.94 Å². The predicted octanol–water partition coefficient (Wildman–Crippen LogP) is 1.74. The minimum Gasteiger partial charge on any atom is -0.393 e. The van der Waals surface area contributed by atoms with Crippen LogP contribution in [0.15, 0.2) is 40.5 Å². The molecule has 1 amide bonds. The number of carbonyl (C=O) groups is 1. The molecule has 144 valence electrons. The second-order valence-corrected chi connectivity index (χ2v) is 9.46. The van der Waals surface area contributed by atoms with Gasteiger partial charge in [0.15, 0.2) is 20.7 Å². The summed E-state index contributed by atoms with van der Waals surface area (Å²) in [5.41, 5.74) is 0.361. The number of hydrogen-bond donors (Lipinski definition) is 2. The molecule has 1 aliphatic rings. The lowest BCUT2D eigenvalue weighted by atomic mass is 10.1. The Balaban J connectivity index is 1.83. The van der Waals surface area contributed by atoms with Gasteiger partial charge >= 0.3 is 0 Å². The van der Waals surface area contributed by atoms with Gasteiger partial charge in [-0.1, -0.05) is 17.3 Å². The van der Waals surface area contributed by atoms with Crippen molar-refractivity contribution in [2.45, 2.75) is 29.9 Å². The molecule has 2 aromatic rings. The molecule has 1 heterocycles. The van der Waals surface area contributed by atoms with Crippen molar-refractivity contribution in [2.24, 2.45) is 5.16 Å². The average Bonchev–Trinajstić information content (AvgIpc) is 3.43. The van der Waals surface area contributed by atoms with Gasteiger partial charge in [0, 0.05) is 16.6 Å². The maximum Gasteiger partial charge on any atom is 0.280 e. The third-order valence-electron chi connectivity index (χ3n) is 3.81. The average molecular weight is 409 g/mol. The van der Waals surface area contributed by atoms with Gasteiger partial charge in [0.25, 0.3) is 5.91 Å². The van der Waals surface area contributed by atoms with Crippen molar-refractivity contribution in [3.63, 3.8) is 0 Å². The molecule has 1 saturated carbocycles. The van der Waals surface area contributed by atoms with Crippen LogP contribution >= 0.6 is 11.3 Å². The molecule has 3 rings (SSSR count). The number of amides is 1. The topological polar surface area (TPSA) is 118 Å². The van der Waals surface area contributed by atoms with Gasteiger partial charge in [-0.2, -0.15) is 0 Å². The lowest BCUT2D eigenvalue weighted by molar-refractivity contribution is -0.110. The number of aliphatic hydroxyl groups excluding tert-OH is 1. The van der Waals surface area contributed by atoms with E-state index in [0.717, 1.165) is 4.88 Å². The number of rotatable bonds is 8. The molecule has 0 atom stereocenters. The van der Waals surface area contributed by atoms with E-state index in [1.165, 1.54) is 35.6 Å². The SMILES string of the molecule is Cc1cnc(NC(=O)/C(=N/OCCO)c2ccc(S(=O)(=O)C3CC3)cc2)s1. The summed E-state index contributed by atoms with van der Waals surface area (Å²) in [7, 11) is -3.31. The second-order valence-electron chi connectivity index (χ2n) is 6.00. The van der Waals surface area contributed by atoms with E-state index in [9.17, 15) is 13.2 Å². The number of aliphatic hydroxyl groups is 1. The number of sulfone groups is 1. The minimum atomic E-state index is -3.31. The third kappa shape index (κ3) is 4.71. The van der Waals surface area contributed by atoms with Gasteiger partial charge in [0.05, 0.1) is 16.8 Å². The summed E-state index contributed by atoms with van der Waals surface area (Å²) in [6, 6.07) is 5.96. The molecule has 0 aliphatic heterocycles. The standard InChI is InChI=1S/C17H19N3O5S2/c1-11-10-18-17(26-11)19-16(22)15(20-25-9-8-21)12-2-4-13(5-3-12)27(23,24)14-6-7-14/h2-5,10,14,21H,6-9H2,1H3,(H,18,19,22)/b20-15+. The molecule has 27 heavy (non-hydrogen) atoms. The van der Waals surface area contributed by atoms with Crippen LogP contribution in [0, 0.1) is 6.92 Å². The van der Waals surface area contributed by atoms with E-state index in [1.54, 1.807) is 6.20 Å². The Bertz CT molecular complexity index is 947. The molecule has 8 nitrogen and oxygen atoms in total. The van der Waals surface area contributed by atoms with Crippen LogP contribution in [0.4, 0.5) is 5.13 Å². The van der Waals surface area contributed by atoms with Crippen LogP contribution in [0.2, 0.25) is 0 Å². The molecule has 0 unspecified atom stereocenters. The maximum absolute atomic E-state index is 12.6. The Morgan fingerprint density at radius 3 is 2.63 bits per heavy atom. The van der Waals surface area contributed by atoms with Crippen molar-refractivity contribution in [3.05, 3.63) is 40.9 Å². The van der Waals surface area contributed by atoms with Crippen LogP contribution in [0.5, 0.6) is 0 Å². The zero-order chi connectivity index (χ0) is 19.4. The maximum atomic E-state index is 12.6. The summed E-state index contributed by atoms with van der Waals surface area (Å²) in [6.07, 6.45) is 3.00. The number of hydrogen-bond acceptors (Lipinski definition) is 8. The highest BCUT2D eigenvalue weighted by Crippen LogP contribution is 2.33. The first-order chi connectivity index (χ1) is 12.9. The highest BCUT2D eigenvalue weighted by molar-refractivity contribution is 7.92. The lowest BCUT2D eigenvalue weighted by Crippen LogP contribution is -2.24. The zero-order valence-corrected chi connectivity index (χ0v) is 16.2. The minimum absolute atomic E-state index is 0.0355. The van der Waals surface area contributed by atoms with E-state index in [-0.39, 0.29) is 29.1 Å². The number of nitrogens with one attached hydrogen (secondary N) is 1. The normalized spacial score (nSPS) is 14.8. The first-order valence-corrected chi connectivity index (χ1v) is 10.7.